The van der Waals surface area contributed by atoms with E-state index < -0.39 is 24.4 Å². The lowest BCUT2D eigenvalue weighted by molar-refractivity contribution is -0.134. The molecule has 5 rings (SSSR count). The minimum Gasteiger partial charge on any atom is -0.351 e. The molecular formula is C25H46F2N8O. The van der Waals surface area contributed by atoms with Gasteiger partial charge in [-0.15, -0.1) is 0 Å². The number of piperidine rings is 1. The van der Waals surface area contributed by atoms with E-state index in [9.17, 15) is 9.18 Å². The predicted molar refractivity (Wildman–Crippen MR) is 135 cm³/mol. The molecule has 1 aliphatic carbocycles. The second-order valence-corrected chi connectivity index (χ2v) is 11.7. The number of amides is 1. The molecule has 0 aromatic rings. The highest BCUT2D eigenvalue weighted by atomic mass is 19.1. The molecule has 0 radical (unpaired) electrons. The first-order chi connectivity index (χ1) is 17.4. The van der Waals surface area contributed by atoms with Crippen molar-refractivity contribution in [2.24, 2.45) is 17.6 Å². The van der Waals surface area contributed by atoms with Crippen LogP contribution in [0.5, 0.6) is 0 Å². The normalized spacial score (nSPS) is 42.4. The lowest BCUT2D eigenvalue weighted by atomic mass is 9.83. The molecule has 206 valence electrons. The summed E-state index contributed by atoms with van der Waals surface area (Å²) < 4.78 is 30.1. The van der Waals surface area contributed by atoms with Gasteiger partial charge in [-0.25, -0.2) is 19.2 Å². The van der Waals surface area contributed by atoms with Crippen molar-refractivity contribution in [1.82, 2.24) is 36.2 Å². The summed E-state index contributed by atoms with van der Waals surface area (Å²) in [5.74, 6) is -1.01. The molecule has 5 aliphatic rings. The number of rotatable bonds is 4. The average molecular weight is 513 g/mol. The number of nitrogens with one attached hydrogen (secondary N) is 4. The third-order valence-corrected chi connectivity index (χ3v) is 9.22. The van der Waals surface area contributed by atoms with Gasteiger partial charge in [-0.2, -0.15) is 0 Å². The number of nitrogens with two attached hydrogens (primary N) is 1. The topological polar surface area (TPSA) is 101 Å². The van der Waals surface area contributed by atoms with Crippen LogP contribution in [-0.2, 0) is 4.79 Å². The zero-order valence-corrected chi connectivity index (χ0v) is 21.7. The summed E-state index contributed by atoms with van der Waals surface area (Å²) in [4.78, 5) is 18.2. The zero-order valence-electron chi connectivity index (χ0n) is 21.7. The monoisotopic (exact) mass is 512 g/mol. The number of likely N-dealkylation sites (N-methyl/N-ethyl adjacent to an activating group) is 1. The Balaban J connectivity index is 1.34. The number of hydrazine groups is 1. The van der Waals surface area contributed by atoms with Gasteiger partial charge in [0, 0.05) is 63.4 Å². The highest BCUT2D eigenvalue weighted by Gasteiger charge is 2.53. The van der Waals surface area contributed by atoms with Crippen LogP contribution in [0.1, 0.15) is 51.4 Å². The van der Waals surface area contributed by atoms with Crippen LogP contribution >= 0.6 is 0 Å². The molecule has 1 saturated carbocycles. The molecule has 4 aliphatic heterocycles. The maximum absolute atomic E-state index is 15.2. The second kappa shape index (κ2) is 11.8. The van der Waals surface area contributed by atoms with Gasteiger partial charge in [0.25, 0.3) is 0 Å². The first kappa shape index (κ1) is 26.6. The Morgan fingerprint density at radius 1 is 0.972 bits per heavy atom. The summed E-state index contributed by atoms with van der Waals surface area (Å²) in [6.07, 6.45) is 6.37. The van der Waals surface area contributed by atoms with Crippen molar-refractivity contribution in [2.45, 2.75) is 94.2 Å². The largest absolute Gasteiger partial charge is 0.351 e. The van der Waals surface area contributed by atoms with Crippen LogP contribution in [0.15, 0.2) is 0 Å². The molecule has 36 heavy (non-hydrogen) atoms. The molecular weight excluding hydrogens is 466 g/mol. The first-order valence-corrected chi connectivity index (χ1v) is 14.2. The second-order valence-electron chi connectivity index (χ2n) is 11.7. The molecule has 9 nitrogen and oxygen atoms in total. The number of hydrogen-bond acceptors (Lipinski definition) is 8. The van der Waals surface area contributed by atoms with E-state index in [1.165, 1.54) is 25.7 Å². The number of alkyl halides is 2. The van der Waals surface area contributed by atoms with Crippen molar-refractivity contribution in [2.75, 3.05) is 46.4 Å². The average Bonchev–Trinajstić information content (AvgIpc) is 3.43. The predicted octanol–water partition coefficient (Wildman–Crippen LogP) is 0.0938. The lowest BCUT2D eigenvalue weighted by Gasteiger charge is -2.47. The van der Waals surface area contributed by atoms with Crippen molar-refractivity contribution in [3.05, 3.63) is 0 Å². The van der Waals surface area contributed by atoms with Crippen LogP contribution < -0.4 is 27.1 Å². The van der Waals surface area contributed by atoms with Crippen molar-refractivity contribution in [3.63, 3.8) is 0 Å². The van der Waals surface area contributed by atoms with Crippen LogP contribution in [0.4, 0.5) is 8.78 Å². The number of hydrogen-bond donors (Lipinski definition) is 5. The summed E-state index contributed by atoms with van der Waals surface area (Å²) in [6, 6.07) is -0.0589. The Hall–Kier alpha value is -0.950. The minimum absolute atomic E-state index is 0.0246. The van der Waals surface area contributed by atoms with Gasteiger partial charge in [0.15, 0.2) is 0 Å². The van der Waals surface area contributed by atoms with Gasteiger partial charge < -0.3 is 21.7 Å². The van der Waals surface area contributed by atoms with Crippen molar-refractivity contribution in [1.29, 1.82) is 0 Å². The van der Waals surface area contributed by atoms with E-state index in [1.54, 1.807) is 0 Å². The third kappa shape index (κ3) is 5.57. The number of nitrogens with zero attached hydrogens (tertiary/aromatic N) is 3. The summed E-state index contributed by atoms with van der Waals surface area (Å²) in [6.45, 7) is 2.83. The van der Waals surface area contributed by atoms with Crippen molar-refractivity contribution >= 4 is 5.91 Å². The Labute approximate surface area is 214 Å². The molecule has 6 N–H and O–H groups in total. The summed E-state index contributed by atoms with van der Waals surface area (Å²) in [5, 5.41) is 11.5. The smallest absolute Gasteiger partial charge is 0.229 e. The molecule has 0 aromatic heterocycles. The van der Waals surface area contributed by atoms with Gasteiger partial charge in [-0.05, 0) is 19.9 Å². The first-order valence-electron chi connectivity index (χ1n) is 14.2. The fraction of sp³-hybridized carbons (Fsp3) is 0.960. The molecule has 8 atom stereocenters. The molecule has 4 heterocycles. The van der Waals surface area contributed by atoms with Crippen molar-refractivity contribution < 1.29 is 13.6 Å². The van der Waals surface area contributed by atoms with Crippen LogP contribution in [0.25, 0.3) is 0 Å². The van der Waals surface area contributed by atoms with E-state index in [1.807, 2.05) is 12.1 Å². The quantitative estimate of drug-likeness (QED) is 0.362. The summed E-state index contributed by atoms with van der Waals surface area (Å²) in [7, 11) is 2.00. The number of fused-ring (bicyclic) bond motifs is 1. The Bertz CT molecular complexity index is 739. The molecule has 8 unspecified atom stereocenters. The Morgan fingerprint density at radius 2 is 1.69 bits per heavy atom. The van der Waals surface area contributed by atoms with Crippen LogP contribution in [0.3, 0.4) is 0 Å². The van der Waals surface area contributed by atoms with Crippen molar-refractivity contribution in [3.8, 4) is 0 Å². The van der Waals surface area contributed by atoms with E-state index in [0.717, 1.165) is 32.4 Å². The van der Waals surface area contributed by atoms with Crippen LogP contribution in [-0.4, -0.2) is 110 Å². The number of halogens is 2. The van der Waals surface area contributed by atoms with Crippen LogP contribution in [0, 0.1) is 11.8 Å². The minimum atomic E-state index is -1.04. The molecule has 0 aromatic carbocycles. The molecule has 0 bridgehead atoms. The highest BCUT2D eigenvalue weighted by molar-refractivity contribution is 5.81. The van der Waals surface area contributed by atoms with Gasteiger partial charge in [0.1, 0.15) is 12.3 Å². The van der Waals surface area contributed by atoms with E-state index in [-0.39, 0.29) is 42.7 Å². The number of carbonyl (C=O) groups excluding carboxylic acids is 1. The van der Waals surface area contributed by atoms with E-state index in [2.05, 4.69) is 31.2 Å². The van der Waals surface area contributed by atoms with Gasteiger partial charge in [-0.3, -0.25) is 14.6 Å². The van der Waals surface area contributed by atoms with E-state index in [4.69, 9.17) is 5.73 Å². The number of carbonyl (C=O) groups is 1. The molecule has 5 fully saturated rings. The van der Waals surface area contributed by atoms with Gasteiger partial charge >= 0.3 is 0 Å². The summed E-state index contributed by atoms with van der Waals surface area (Å²) >= 11 is 0. The van der Waals surface area contributed by atoms with E-state index in [0.29, 0.717) is 26.2 Å². The fourth-order valence-corrected chi connectivity index (χ4v) is 7.42. The fourth-order valence-electron chi connectivity index (χ4n) is 7.42. The SMILES string of the molecule is CN1CNCC1C1C(F)CNCC1NC(=O)C1C(N)NN2CC(F)CN(C3CCCCCCCC3)C12. The Kier molecular flexibility index (Phi) is 8.76. The van der Waals surface area contributed by atoms with Crippen LogP contribution in [0.2, 0.25) is 0 Å². The van der Waals surface area contributed by atoms with Gasteiger partial charge in [-0.1, -0.05) is 38.5 Å². The van der Waals surface area contributed by atoms with Gasteiger partial charge in [0.05, 0.1) is 18.2 Å². The third-order valence-electron chi connectivity index (χ3n) is 9.22. The summed E-state index contributed by atoms with van der Waals surface area (Å²) in [5.41, 5.74) is 9.70. The Morgan fingerprint density at radius 3 is 2.39 bits per heavy atom. The zero-order chi connectivity index (χ0) is 25.2. The molecule has 0 spiro atoms. The highest BCUT2D eigenvalue weighted by Crippen LogP contribution is 2.34. The standard InChI is InChI=1S/C25H46F2N8O/c1-33-15-30-12-20(33)21-18(27)10-29-11-19(21)31-24(36)22-23(28)32-35-14-16(26)13-34(25(22)35)17-8-6-4-2-3-5-7-9-17/h16-23,25,29-30,32H,2-15,28H2,1H3,(H,31,36). The maximum Gasteiger partial charge on any atom is 0.229 e. The molecule has 1 amide bonds. The van der Waals surface area contributed by atoms with Gasteiger partial charge in [0.2, 0.25) is 5.91 Å². The maximum atomic E-state index is 15.2. The van der Waals surface area contributed by atoms with E-state index >= 15 is 4.39 Å². The lowest BCUT2D eigenvalue weighted by Crippen LogP contribution is -2.65. The molecule has 4 saturated heterocycles. The molecule has 11 heteroatoms.